The van der Waals surface area contributed by atoms with E-state index in [2.05, 4.69) is 32.6 Å². The number of benzene rings is 1. The summed E-state index contributed by atoms with van der Waals surface area (Å²) in [6.45, 7) is 11.4. The number of aliphatic hydroxyl groups is 1. The monoisotopic (exact) mass is 289 g/mol. The molecule has 118 valence electrons. The topological polar surface area (TPSA) is 23.5 Å². The van der Waals surface area contributed by atoms with Crippen molar-refractivity contribution in [2.75, 3.05) is 13.1 Å². The molecule has 2 rings (SSSR count). The molecule has 0 amide bonds. The first-order chi connectivity index (χ1) is 9.97. The van der Waals surface area contributed by atoms with Crippen molar-refractivity contribution in [2.45, 2.75) is 59.1 Å². The molecule has 1 aliphatic rings. The van der Waals surface area contributed by atoms with Crippen LogP contribution in [-0.4, -0.2) is 29.1 Å². The summed E-state index contributed by atoms with van der Waals surface area (Å²) < 4.78 is 0. The van der Waals surface area contributed by atoms with Crippen molar-refractivity contribution in [1.29, 1.82) is 0 Å². The van der Waals surface area contributed by atoms with E-state index in [0.717, 1.165) is 18.7 Å². The largest absolute Gasteiger partial charge is 0.387 e. The summed E-state index contributed by atoms with van der Waals surface area (Å²) in [5.41, 5.74) is 1.54. The van der Waals surface area contributed by atoms with Gasteiger partial charge < -0.3 is 5.11 Å². The van der Waals surface area contributed by atoms with Crippen molar-refractivity contribution < 1.29 is 5.11 Å². The van der Waals surface area contributed by atoms with Gasteiger partial charge in [0.15, 0.2) is 0 Å². The van der Waals surface area contributed by atoms with E-state index in [0.29, 0.717) is 11.3 Å². The second-order valence-corrected chi connectivity index (χ2v) is 7.29. The molecule has 2 nitrogen and oxygen atoms in total. The Balaban J connectivity index is 2.10. The number of piperidine rings is 1. The Kier molecular flexibility index (Phi) is 5.45. The fourth-order valence-electron chi connectivity index (χ4n) is 3.55. The van der Waals surface area contributed by atoms with Crippen molar-refractivity contribution >= 4 is 0 Å². The van der Waals surface area contributed by atoms with Gasteiger partial charge in [-0.15, -0.1) is 0 Å². The summed E-state index contributed by atoms with van der Waals surface area (Å²) in [7, 11) is 0. The van der Waals surface area contributed by atoms with Crippen LogP contribution in [-0.2, 0) is 0 Å². The quantitative estimate of drug-likeness (QED) is 0.875. The van der Waals surface area contributed by atoms with E-state index in [9.17, 15) is 5.11 Å². The molecule has 0 bridgehead atoms. The highest BCUT2D eigenvalue weighted by Gasteiger charge is 2.35. The Bertz CT molecular complexity index is 420. The molecule has 1 aromatic carbocycles. The summed E-state index contributed by atoms with van der Waals surface area (Å²) in [4.78, 5) is 2.51. The number of rotatable bonds is 5. The Morgan fingerprint density at radius 3 is 2.19 bits per heavy atom. The number of nitrogens with zero attached hydrogens (tertiary/aromatic N) is 1. The Labute approximate surface area is 130 Å². The molecule has 1 aromatic rings. The maximum absolute atomic E-state index is 10.8. The number of hydrogen-bond donors (Lipinski definition) is 1. The van der Waals surface area contributed by atoms with Gasteiger partial charge >= 0.3 is 0 Å². The minimum absolute atomic E-state index is 0.216. The minimum Gasteiger partial charge on any atom is -0.387 e. The molecule has 21 heavy (non-hydrogen) atoms. The van der Waals surface area contributed by atoms with Gasteiger partial charge in [0.25, 0.3) is 0 Å². The molecule has 0 spiro atoms. The maximum Gasteiger partial charge on any atom is 0.0947 e. The lowest BCUT2D eigenvalue weighted by Gasteiger charge is -2.45. The predicted molar refractivity (Wildman–Crippen MR) is 89.2 cm³/mol. The van der Waals surface area contributed by atoms with E-state index in [-0.39, 0.29) is 6.04 Å². The summed E-state index contributed by atoms with van der Waals surface area (Å²) in [6, 6.07) is 10.3. The SMILES string of the molecule is CCC1(C)CCN(C(C(C)C)C(O)c2ccccc2)CC1. The van der Waals surface area contributed by atoms with Gasteiger partial charge in [0.1, 0.15) is 0 Å². The molecule has 1 aliphatic heterocycles. The number of likely N-dealkylation sites (tertiary alicyclic amines) is 1. The Morgan fingerprint density at radius 1 is 1.14 bits per heavy atom. The molecule has 1 N–H and O–H groups in total. The molecule has 2 atom stereocenters. The van der Waals surface area contributed by atoms with Crippen molar-refractivity contribution in [3.63, 3.8) is 0 Å². The van der Waals surface area contributed by atoms with Crippen LogP contribution in [0.25, 0.3) is 0 Å². The normalized spacial score (nSPS) is 22.2. The van der Waals surface area contributed by atoms with Crippen molar-refractivity contribution in [3.8, 4) is 0 Å². The first-order valence-corrected chi connectivity index (χ1v) is 8.44. The third-order valence-electron chi connectivity index (χ3n) is 5.43. The van der Waals surface area contributed by atoms with E-state index in [4.69, 9.17) is 0 Å². The molecule has 2 unspecified atom stereocenters. The lowest BCUT2D eigenvalue weighted by molar-refractivity contribution is -0.0103. The van der Waals surface area contributed by atoms with Gasteiger partial charge in [0.05, 0.1) is 6.10 Å². The Morgan fingerprint density at radius 2 is 1.71 bits per heavy atom. The summed E-state index contributed by atoms with van der Waals surface area (Å²) in [5.74, 6) is 0.450. The zero-order valence-corrected chi connectivity index (χ0v) is 14.0. The van der Waals surface area contributed by atoms with Crippen LogP contribution < -0.4 is 0 Å². The van der Waals surface area contributed by atoms with Gasteiger partial charge in [-0.05, 0) is 42.8 Å². The van der Waals surface area contributed by atoms with E-state index in [1.54, 1.807) is 0 Å². The molecule has 1 saturated heterocycles. The molecule has 0 aliphatic carbocycles. The molecular weight excluding hydrogens is 258 g/mol. The summed E-state index contributed by atoms with van der Waals surface area (Å²) >= 11 is 0. The van der Waals surface area contributed by atoms with Crippen LogP contribution in [0.3, 0.4) is 0 Å². The van der Waals surface area contributed by atoms with Gasteiger partial charge in [-0.1, -0.05) is 64.4 Å². The smallest absolute Gasteiger partial charge is 0.0947 e. The fraction of sp³-hybridized carbons (Fsp3) is 0.684. The third-order valence-corrected chi connectivity index (χ3v) is 5.43. The van der Waals surface area contributed by atoms with Crippen LogP contribution in [0.1, 0.15) is 58.6 Å². The maximum atomic E-state index is 10.8. The fourth-order valence-corrected chi connectivity index (χ4v) is 3.55. The minimum atomic E-state index is -0.391. The standard InChI is InChI=1S/C19H31NO/c1-5-19(4)11-13-20(14-12-19)17(15(2)3)18(21)16-9-7-6-8-10-16/h6-10,15,17-18,21H,5,11-14H2,1-4H3. The predicted octanol–water partition coefficient (Wildman–Crippen LogP) is 4.26. The van der Waals surface area contributed by atoms with Crippen molar-refractivity contribution in [1.82, 2.24) is 4.90 Å². The average Bonchev–Trinajstić information content (AvgIpc) is 2.50. The van der Waals surface area contributed by atoms with Gasteiger partial charge in [-0.25, -0.2) is 0 Å². The van der Waals surface area contributed by atoms with E-state index in [1.807, 2.05) is 30.3 Å². The molecule has 2 heteroatoms. The van der Waals surface area contributed by atoms with Crippen LogP contribution in [0.4, 0.5) is 0 Å². The second kappa shape index (κ2) is 6.93. The van der Waals surface area contributed by atoms with Crippen LogP contribution in [0.15, 0.2) is 30.3 Å². The van der Waals surface area contributed by atoms with Crippen LogP contribution in [0.5, 0.6) is 0 Å². The molecular formula is C19H31NO. The van der Waals surface area contributed by atoms with Gasteiger partial charge in [-0.3, -0.25) is 4.90 Å². The highest BCUT2D eigenvalue weighted by Crippen LogP contribution is 2.37. The Hall–Kier alpha value is -0.860. The molecule has 0 aromatic heterocycles. The lowest BCUT2D eigenvalue weighted by Crippen LogP contribution is -2.49. The highest BCUT2D eigenvalue weighted by atomic mass is 16.3. The highest BCUT2D eigenvalue weighted by molar-refractivity contribution is 5.19. The number of hydrogen-bond acceptors (Lipinski definition) is 2. The second-order valence-electron chi connectivity index (χ2n) is 7.29. The first-order valence-electron chi connectivity index (χ1n) is 8.44. The van der Waals surface area contributed by atoms with E-state index >= 15 is 0 Å². The summed E-state index contributed by atoms with van der Waals surface area (Å²) in [5, 5.41) is 10.8. The number of aliphatic hydroxyl groups excluding tert-OH is 1. The van der Waals surface area contributed by atoms with Gasteiger partial charge in [0, 0.05) is 6.04 Å². The van der Waals surface area contributed by atoms with Crippen LogP contribution in [0, 0.1) is 11.3 Å². The van der Waals surface area contributed by atoms with E-state index < -0.39 is 6.10 Å². The molecule has 1 heterocycles. The lowest BCUT2D eigenvalue weighted by atomic mass is 9.77. The molecule has 0 saturated carbocycles. The zero-order valence-electron chi connectivity index (χ0n) is 14.0. The van der Waals surface area contributed by atoms with Crippen molar-refractivity contribution in [2.24, 2.45) is 11.3 Å². The molecule has 1 fully saturated rings. The van der Waals surface area contributed by atoms with Crippen molar-refractivity contribution in [3.05, 3.63) is 35.9 Å². The summed E-state index contributed by atoms with van der Waals surface area (Å²) in [6.07, 6.45) is 3.36. The third kappa shape index (κ3) is 3.87. The van der Waals surface area contributed by atoms with Crippen LogP contribution in [0.2, 0.25) is 0 Å². The van der Waals surface area contributed by atoms with Gasteiger partial charge in [-0.2, -0.15) is 0 Å². The van der Waals surface area contributed by atoms with Crippen LogP contribution >= 0.6 is 0 Å². The van der Waals surface area contributed by atoms with E-state index in [1.165, 1.54) is 19.3 Å². The molecule has 0 radical (unpaired) electrons. The average molecular weight is 289 g/mol. The zero-order chi connectivity index (χ0) is 15.5. The van der Waals surface area contributed by atoms with Gasteiger partial charge in [0.2, 0.25) is 0 Å². The first kappa shape index (κ1) is 16.5.